The second-order valence-corrected chi connectivity index (χ2v) is 4.59. The van der Waals surface area contributed by atoms with Gasteiger partial charge < -0.3 is 10.5 Å². The van der Waals surface area contributed by atoms with Crippen molar-refractivity contribution in [2.24, 2.45) is 12.8 Å². The van der Waals surface area contributed by atoms with Crippen LogP contribution in [-0.4, -0.2) is 22.3 Å². The summed E-state index contributed by atoms with van der Waals surface area (Å²) in [6.07, 6.45) is 0. The second kappa shape index (κ2) is 4.89. The van der Waals surface area contributed by atoms with E-state index < -0.39 is 0 Å². The lowest BCUT2D eigenvalue weighted by Gasteiger charge is -2.13. The number of aryl methyl sites for hydroxylation is 1. The van der Waals surface area contributed by atoms with E-state index in [0.717, 1.165) is 4.57 Å². The maximum absolute atomic E-state index is 12.4. The van der Waals surface area contributed by atoms with Crippen molar-refractivity contribution in [1.82, 2.24) is 9.13 Å². The number of fused-ring (bicyclic) bond motifs is 1. The van der Waals surface area contributed by atoms with E-state index in [1.54, 1.807) is 32.2 Å². The Bertz CT molecular complexity index is 728. The van der Waals surface area contributed by atoms with Gasteiger partial charge in [-0.25, -0.2) is 4.79 Å². The largest absolute Gasteiger partial charge is 0.496 e. The van der Waals surface area contributed by atoms with Gasteiger partial charge in [-0.05, 0) is 19.1 Å². The summed E-state index contributed by atoms with van der Waals surface area (Å²) in [7, 11) is 3.12. The highest BCUT2D eigenvalue weighted by Gasteiger charge is 2.15. The van der Waals surface area contributed by atoms with Crippen molar-refractivity contribution >= 4 is 10.9 Å². The van der Waals surface area contributed by atoms with Crippen LogP contribution in [0, 0.1) is 0 Å². The molecule has 0 aliphatic heterocycles. The van der Waals surface area contributed by atoms with Crippen LogP contribution in [-0.2, 0) is 13.6 Å². The lowest BCUT2D eigenvalue weighted by Crippen LogP contribution is -2.42. The van der Waals surface area contributed by atoms with E-state index in [4.69, 9.17) is 10.5 Å². The van der Waals surface area contributed by atoms with Crippen molar-refractivity contribution in [3.8, 4) is 5.75 Å². The van der Waals surface area contributed by atoms with Crippen LogP contribution in [0.25, 0.3) is 10.9 Å². The number of benzene rings is 1. The Hall–Kier alpha value is -2.08. The number of methoxy groups -OCH3 is 1. The summed E-state index contributed by atoms with van der Waals surface area (Å²) in [5, 5.41) is 0.396. The molecule has 6 heteroatoms. The van der Waals surface area contributed by atoms with Gasteiger partial charge in [0.15, 0.2) is 0 Å². The van der Waals surface area contributed by atoms with Crippen molar-refractivity contribution in [1.29, 1.82) is 0 Å². The summed E-state index contributed by atoms with van der Waals surface area (Å²) in [6, 6.07) is 4.88. The summed E-state index contributed by atoms with van der Waals surface area (Å²) in [5.41, 5.74) is 5.50. The van der Waals surface area contributed by atoms with Crippen molar-refractivity contribution in [3.63, 3.8) is 0 Å². The topological polar surface area (TPSA) is 79.2 Å². The SMILES string of the molecule is COc1cccc2c1c(=O)n(CC(C)N)c(=O)n2C. The molecule has 1 aromatic carbocycles. The van der Waals surface area contributed by atoms with Crippen LogP contribution >= 0.6 is 0 Å². The summed E-state index contributed by atoms with van der Waals surface area (Å²) in [6.45, 7) is 1.93. The lowest BCUT2D eigenvalue weighted by molar-refractivity contribution is 0.418. The molecule has 19 heavy (non-hydrogen) atoms. The quantitative estimate of drug-likeness (QED) is 0.849. The number of hydrogen-bond acceptors (Lipinski definition) is 4. The number of hydrogen-bond donors (Lipinski definition) is 1. The van der Waals surface area contributed by atoms with Gasteiger partial charge in [0.2, 0.25) is 0 Å². The molecule has 1 aromatic heterocycles. The first-order chi connectivity index (χ1) is 8.97. The molecule has 0 aliphatic rings. The zero-order valence-electron chi connectivity index (χ0n) is 11.2. The first-order valence-electron chi connectivity index (χ1n) is 5.99. The Morgan fingerprint density at radius 3 is 2.63 bits per heavy atom. The molecular formula is C13H17N3O3. The average molecular weight is 263 g/mol. The third-order valence-corrected chi connectivity index (χ3v) is 3.03. The smallest absolute Gasteiger partial charge is 0.331 e. The second-order valence-electron chi connectivity index (χ2n) is 4.59. The summed E-state index contributed by atoms with van der Waals surface area (Å²) < 4.78 is 7.78. The van der Waals surface area contributed by atoms with Gasteiger partial charge in [-0.15, -0.1) is 0 Å². The van der Waals surface area contributed by atoms with Gasteiger partial charge in [0.1, 0.15) is 11.1 Å². The number of aromatic nitrogens is 2. The van der Waals surface area contributed by atoms with Crippen molar-refractivity contribution in [2.45, 2.75) is 19.5 Å². The molecule has 0 saturated carbocycles. The van der Waals surface area contributed by atoms with E-state index in [1.165, 1.54) is 11.7 Å². The van der Waals surface area contributed by atoms with E-state index >= 15 is 0 Å². The zero-order valence-corrected chi connectivity index (χ0v) is 11.2. The molecule has 1 atom stereocenters. The number of nitrogens with two attached hydrogens (primary N) is 1. The minimum atomic E-state index is -0.372. The molecule has 6 nitrogen and oxygen atoms in total. The molecule has 1 heterocycles. The van der Waals surface area contributed by atoms with Gasteiger partial charge >= 0.3 is 5.69 Å². The van der Waals surface area contributed by atoms with Crippen LogP contribution in [0.2, 0.25) is 0 Å². The summed E-state index contributed by atoms with van der Waals surface area (Å²) in [4.78, 5) is 24.6. The van der Waals surface area contributed by atoms with Crippen LogP contribution in [0.15, 0.2) is 27.8 Å². The van der Waals surface area contributed by atoms with Crippen LogP contribution in [0.4, 0.5) is 0 Å². The molecule has 0 aliphatic carbocycles. The molecule has 0 radical (unpaired) electrons. The Labute approximate surface area is 110 Å². The minimum absolute atomic E-state index is 0.180. The number of rotatable bonds is 3. The highest BCUT2D eigenvalue weighted by atomic mass is 16.5. The summed E-state index contributed by atoms with van der Waals surface area (Å²) >= 11 is 0. The highest BCUT2D eigenvalue weighted by molar-refractivity contribution is 5.84. The molecule has 102 valence electrons. The summed E-state index contributed by atoms with van der Waals surface area (Å²) in [5.74, 6) is 0.455. The monoisotopic (exact) mass is 263 g/mol. The Morgan fingerprint density at radius 1 is 1.37 bits per heavy atom. The molecule has 0 saturated heterocycles. The van der Waals surface area contributed by atoms with Gasteiger partial charge in [0.25, 0.3) is 5.56 Å². The van der Waals surface area contributed by atoms with Gasteiger partial charge in [-0.3, -0.25) is 13.9 Å². The Kier molecular flexibility index (Phi) is 3.44. The fourth-order valence-corrected chi connectivity index (χ4v) is 2.14. The van der Waals surface area contributed by atoms with Crippen LogP contribution in [0.3, 0.4) is 0 Å². The van der Waals surface area contributed by atoms with Crippen LogP contribution in [0.1, 0.15) is 6.92 Å². The number of ether oxygens (including phenoxy) is 1. The van der Waals surface area contributed by atoms with Crippen LogP contribution < -0.4 is 21.7 Å². The molecule has 2 aromatic rings. The van der Waals surface area contributed by atoms with Crippen LogP contribution in [0.5, 0.6) is 5.75 Å². The molecule has 0 bridgehead atoms. The van der Waals surface area contributed by atoms with Crippen molar-refractivity contribution in [2.75, 3.05) is 7.11 Å². The first-order valence-corrected chi connectivity index (χ1v) is 5.99. The lowest BCUT2D eigenvalue weighted by atomic mass is 10.2. The van der Waals surface area contributed by atoms with Gasteiger partial charge in [-0.2, -0.15) is 0 Å². The van der Waals surface area contributed by atoms with E-state index in [0.29, 0.717) is 16.7 Å². The molecule has 0 amide bonds. The molecular weight excluding hydrogens is 246 g/mol. The minimum Gasteiger partial charge on any atom is -0.496 e. The standard InChI is InChI=1S/C13H17N3O3/c1-8(14)7-16-12(17)11-9(15(2)13(16)18)5-4-6-10(11)19-3/h4-6,8H,7,14H2,1-3H3. The maximum atomic E-state index is 12.4. The van der Waals surface area contributed by atoms with E-state index in [9.17, 15) is 9.59 Å². The van der Waals surface area contributed by atoms with Gasteiger partial charge in [-0.1, -0.05) is 6.07 Å². The van der Waals surface area contributed by atoms with E-state index in [1.807, 2.05) is 0 Å². The fourth-order valence-electron chi connectivity index (χ4n) is 2.14. The third-order valence-electron chi connectivity index (χ3n) is 3.03. The van der Waals surface area contributed by atoms with Gasteiger partial charge in [0.05, 0.1) is 12.6 Å². The van der Waals surface area contributed by atoms with E-state index in [-0.39, 0.29) is 23.8 Å². The first kappa shape index (κ1) is 13.4. The average Bonchev–Trinajstić information content (AvgIpc) is 2.40. The molecule has 2 N–H and O–H groups in total. The predicted octanol–water partition coefficient (Wildman–Crippen LogP) is 0.0560. The Morgan fingerprint density at radius 2 is 2.05 bits per heavy atom. The van der Waals surface area contributed by atoms with Crippen molar-refractivity contribution in [3.05, 3.63) is 39.0 Å². The van der Waals surface area contributed by atoms with Gasteiger partial charge in [0, 0.05) is 19.6 Å². The zero-order chi connectivity index (χ0) is 14.2. The fraction of sp³-hybridized carbons (Fsp3) is 0.385. The maximum Gasteiger partial charge on any atom is 0.331 e. The Balaban J connectivity index is 2.94. The number of nitrogens with zero attached hydrogens (tertiary/aromatic N) is 2. The third kappa shape index (κ3) is 2.15. The molecule has 0 spiro atoms. The predicted molar refractivity (Wildman–Crippen MR) is 73.7 cm³/mol. The molecule has 2 rings (SSSR count). The highest BCUT2D eigenvalue weighted by Crippen LogP contribution is 2.20. The van der Waals surface area contributed by atoms with Crippen molar-refractivity contribution < 1.29 is 4.74 Å². The molecule has 1 unspecified atom stereocenters. The molecule has 0 fully saturated rings. The van der Waals surface area contributed by atoms with E-state index in [2.05, 4.69) is 0 Å². The normalized spacial score (nSPS) is 12.6.